The Hall–Kier alpha value is -1.42. The molecular weight excluding hydrogens is 206 g/mol. The Morgan fingerprint density at radius 3 is 2.69 bits per heavy atom. The van der Waals surface area contributed by atoms with E-state index in [9.17, 15) is 5.11 Å². The van der Waals surface area contributed by atoms with Crippen LogP contribution in [0.2, 0.25) is 0 Å². The van der Waals surface area contributed by atoms with E-state index < -0.39 is 0 Å². The second kappa shape index (κ2) is 4.22. The fraction of sp³-hybridized carbons (Fsp3) is 0.500. The first kappa shape index (κ1) is 11.1. The van der Waals surface area contributed by atoms with Crippen LogP contribution in [0.15, 0.2) is 6.07 Å². The number of phenols is 1. The second-order valence-corrected chi connectivity index (χ2v) is 4.09. The van der Waals surface area contributed by atoms with Gasteiger partial charge in [0.1, 0.15) is 0 Å². The van der Waals surface area contributed by atoms with Crippen LogP contribution in [0.4, 0.5) is 0 Å². The molecule has 0 bridgehead atoms. The first-order valence-corrected chi connectivity index (χ1v) is 5.31. The Morgan fingerprint density at radius 2 is 2.06 bits per heavy atom. The van der Waals surface area contributed by atoms with Crippen LogP contribution in [0.25, 0.3) is 0 Å². The molecule has 1 aromatic carbocycles. The Bertz CT molecular complexity index is 404. The van der Waals surface area contributed by atoms with E-state index in [1.54, 1.807) is 7.11 Å². The lowest BCUT2D eigenvalue weighted by atomic mass is 9.98. The molecule has 1 aromatic rings. The van der Waals surface area contributed by atoms with Crippen LogP contribution >= 0.6 is 0 Å². The summed E-state index contributed by atoms with van der Waals surface area (Å²) in [6.45, 7) is 1.75. The van der Waals surface area contributed by atoms with Crippen molar-refractivity contribution in [2.45, 2.75) is 13.0 Å². The number of methoxy groups -OCH3 is 2. The van der Waals surface area contributed by atoms with Crippen molar-refractivity contribution in [3.05, 3.63) is 17.2 Å². The van der Waals surface area contributed by atoms with Crippen LogP contribution in [0.1, 0.15) is 11.1 Å². The van der Waals surface area contributed by atoms with Crippen LogP contribution in [-0.2, 0) is 13.0 Å². The van der Waals surface area contributed by atoms with E-state index in [0.29, 0.717) is 11.5 Å². The average Bonchev–Trinajstić information content (AvgIpc) is 2.29. The molecule has 0 fully saturated rings. The molecule has 0 aliphatic carbocycles. The summed E-state index contributed by atoms with van der Waals surface area (Å²) in [5, 5.41) is 10.1. The number of aromatic hydroxyl groups is 1. The minimum atomic E-state index is 0.211. The highest BCUT2D eigenvalue weighted by Gasteiger charge is 2.22. The standard InChI is InChI=1S/C12H17NO3/c1-13-5-4-8-6-10(15-2)12(16-3)11(14)9(8)7-13/h6,14H,4-5,7H2,1-3H3. The largest absolute Gasteiger partial charge is 0.504 e. The molecule has 0 saturated carbocycles. The first-order chi connectivity index (χ1) is 7.67. The summed E-state index contributed by atoms with van der Waals surface area (Å²) in [6.07, 6.45) is 0.930. The van der Waals surface area contributed by atoms with Gasteiger partial charge in [0.2, 0.25) is 5.75 Å². The van der Waals surface area contributed by atoms with Crippen LogP contribution < -0.4 is 9.47 Å². The quantitative estimate of drug-likeness (QED) is 0.823. The number of hydrogen-bond donors (Lipinski definition) is 1. The summed E-state index contributed by atoms with van der Waals surface area (Å²) in [7, 11) is 5.16. The van der Waals surface area contributed by atoms with Crippen molar-refractivity contribution in [3.8, 4) is 17.2 Å². The highest BCUT2D eigenvalue weighted by Crippen LogP contribution is 2.42. The SMILES string of the molecule is COc1cc2c(c(O)c1OC)CN(C)CC2. The molecule has 0 spiro atoms. The van der Waals surface area contributed by atoms with Gasteiger partial charge < -0.3 is 19.5 Å². The minimum Gasteiger partial charge on any atom is -0.504 e. The monoisotopic (exact) mass is 223 g/mol. The molecule has 1 N–H and O–H groups in total. The van der Waals surface area contributed by atoms with Crippen LogP contribution in [-0.4, -0.2) is 37.8 Å². The van der Waals surface area contributed by atoms with E-state index in [4.69, 9.17) is 9.47 Å². The van der Waals surface area contributed by atoms with Gasteiger partial charge in [0, 0.05) is 18.7 Å². The van der Waals surface area contributed by atoms with Gasteiger partial charge in [-0.1, -0.05) is 0 Å². The van der Waals surface area contributed by atoms with Crippen molar-refractivity contribution in [1.82, 2.24) is 4.90 Å². The molecule has 16 heavy (non-hydrogen) atoms. The van der Waals surface area contributed by atoms with Crippen molar-refractivity contribution >= 4 is 0 Å². The van der Waals surface area contributed by atoms with Crippen molar-refractivity contribution < 1.29 is 14.6 Å². The highest BCUT2D eigenvalue weighted by molar-refractivity contribution is 5.58. The third kappa shape index (κ3) is 1.69. The molecule has 0 radical (unpaired) electrons. The lowest BCUT2D eigenvalue weighted by Crippen LogP contribution is -2.26. The molecule has 4 heteroatoms. The minimum absolute atomic E-state index is 0.211. The van der Waals surface area contributed by atoms with Crippen LogP contribution in [0.3, 0.4) is 0 Å². The van der Waals surface area contributed by atoms with Crippen molar-refractivity contribution in [1.29, 1.82) is 0 Å². The number of likely N-dealkylation sites (N-methyl/N-ethyl adjacent to an activating group) is 1. The molecule has 0 saturated heterocycles. The zero-order chi connectivity index (χ0) is 11.7. The van der Waals surface area contributed by atoms with Gasteiger partial charge in [-0.25, -0.2) is 0 Å². The zero-order valence-corrected chi connectivity index (χ0v) is 9.91. The maximum Gasteiger partial charge on any atom is 0.203 e. The third-order valence-electron chi connectivity index (χ3n) is 3.03. The fourth-order valence-electron chi connectivity index (χ4n) is 2.13. The van der Waals surface area contributed by atoms with E-state index in [1.165, 1.54) is 7.11 Å². The second-order valence-electron chi connectivity index (χ2n) is 4.09. The number of hydrogen-bond acceptors (Lipinski definition) is 4. The van der Waals surface area contributed by atoms with E-state index in [0.717, 1.165) is 30.6 Å². The molecule has 0 unspecified atom stereocenters. The lowest BCUT2D eigenvalue weighted by Gasteiger charge is -2.27. The number of fused-ring (bicyclic) bond motifs is 1. The van der Waals surface area contributed by atoms with Crippen LogP contribution in [0, 0.1) is 0 Å². The fourth-order valence-corrected chi connectivity index (χ4v) is 2.13. The summed E-state index contributed by atoms with van der Waals surface area (Å²) < 4.78 is 10.4. The topological polar surface area (TPSA) is 41.9 Å². The molecule has 88 valence electrons. The number of benzene rings is 1. The van der Waals surface area contributed by atoms with Gasteiger partial charge in [-0.3, -0.25) is 0 Å². The lowest BCUT2D eigenvalue weighted by molar-refractivity contribution is 0.291. The van der Waals surface area contributed by atoms with Crippen molar-refractivity contribution in [2.75, 3.05) is 27.8 Å². The van der Waals surface area contributed by atoms with Crippen molar-refractivity contribution in [2.24, 2.45) is 0 Å². The Morgan fingerprint density at radius 1 is 1.31 bits per heavy atom. The Labute approximate surface area is 95.4 Å². The molecule has 2 rings (SSSR count). The summed E-state index contributed by atoms with van der Waals surface area (Å²) >= 11 is 0. The molecule has 1 heterocycles. The molecule has 0 atom stereocenters. The molecule has 0 amide bonds. The van der Waals surface area contributed by atoms with E-state index in [-0.39, 0.29) is 5.75 Å². The van der Waals surface area contributed by atoms with Gasteiger partial charge in [-0.2, -0.15) is 0 Å². The Balaban J connectivity index is 2.54. The van der Waals surface area contributed by atoms with E-state index in [2.05, 4.69) is 4.90 Å². The van der Waals surface area contributed by atoms with Gasteiger partial charge in [0.15, 0.2) is 11.5 Å². The number of rotatable bonds is 2. The molecule has 1 aliphatic heterocycles. The van der Waals surface area contributed by atoms with E-state index in [1.807, 2.05) is 13.1 Å². The summed E-state index contributed by atoms with van der Waals surface area (Å²) in [4.78, 5) is 2.17. The number of nitrogens with zero attached hydrogens (tertiary/aromatic N) is 1. The smallest absolute Gasteiger partial charge is 0.203 e. The van der Waals surface area contributed by atoms with Gasteiger partial charge in [0.25, 0.3) is 0 Å². The average molecular weight is 223 g/mol. The zero-order valence-electron chi connectivity index (χ0n) is 9.91. The van der Waals surface area contributed by atoms with Gasteiger partial charge in [-0.15, -0.1) is 0 Å². The highest BCUT2D eigenvalue weighted by atomic mass is 16.5. The van der Waals surface area contributed by atoms with E-state index >= 15 is 0 Å². The molecule has 0 aromatic heterocycles. The number of ether oxygens (including phenoxy) is 2. The third-order valence-corrected chi connectivity index (χ3v) is 3.03. The maximum atomic E-state index is 10.1. The normalized spacial score (nSPS) is 15.7. The maximum absolute atomic E-state index is 10.1. The number of phenolic OH excluding ortho intramolecular Hbond substituents is 1. The molecular formula is C12H17NO3. The van der Waals surface area contributed by atoms with Gasteiger partial charge in [-0.05, 0) is 25.1 Å². The summed E-state index contributed by atoms with van der Waals surface area (Å²) in [5.41, 5.74) is 2.10. The molecule has 4 nitrogen and oxygen atoms in total. The van der Waals surface area contributed by atoms with Gasteiger partial charge >= 0.3 is 0 Å². The summed E-state index contributed by atoms with van der Waals surface area (Å²) in [5.74, 6) is 1.24. The summed E-state index contributed by atoms with van der Waals surface area (Å²) in [6, 6.07) is 1.96. The first-order valence-electron chi connectivity index (χ1n) is 5.31. The predicted octanol–water partition coefficient (Wildman–Crippen LogP) is 1.40. The van der Waals surface area contributed by atoms with Crippen LogP contribution in [0.5, 0.6) is 17.2 Å². The van der Waals surface area contributed by atoms with Gasteiger partial charge in [0.05, 0.1) is 14.2 Å². The predicted molar refractivity (Wildman–Crippen MR) is 61.2 cm³/mol. The molecule has 1 aliphatic rings. The van der Waals surface area contributed by atoms with Crippen molar-refractivity contribution in [3.63, 3.8) is 0 Å². The Kier molecular flexibility index (Phi) is 2.92.